The topological polar surface area (TPSA) is 69.7 Å². The van der Waals surface area contributed by atoms with Gasteiger partial charge in [0.25, 0.3) is 0 Å². The first-order chi connectivity index (χ1) is 15.6. The van der Waals surface area contributed by atoms with Gasteiger partial charge in [0.05, 0.1) is 22.3 Å². The zero-order chi connectivity index (χ0) is 22.1. The molecule has 2 N–H and O–H groups in total. The summed E-state index contributed by atoms with van der Waals surface area (Å²) < 4.78 is 0. The zero-order valence-corrected chi connectivity index (χ0v) is 19.7. The number of H-pyrrole nitrogens is 1. The molecule has 0 unspecified atom stereocenters. The fourth-order valence-electron chi connectivity index (χ4n) is 5.04. The van der Waals surface area contributed by atoms with Crippen LogP contribution in [0.2, 0.25) is 0 Å². The van der Waals surface area contributed by atoms with Crippen LogP contribution in [-0.4, -0.2) is 51.5 Å². The van der Waals surface area contributed by atoms with Gasteiger partial charge in [-0.1, -0.05) is 12.5 Å². The van der Waals surface area contributed by atoms with E-state index in [1.165, 1.54) is 69.2 Å². The Morgan fingerprint density at radius 2 is 1.91 bits per heavy atom. The van der Waals surface area contributed by atoms with Gasteiger partial charge in [-0.15, -0.1) is 0 Å². The summed E-state index contributed by atoms with van der Waals surface area (Å²) in [6.07, 6.45) is 10.8. The molecule has 6 nitrogen and oxygen atoms in total. The van der Waals surface area contributed by atoms with Crippen LogP contribution < -0.4 is 5.32 Å². The number of rotatable bonds is 7. The van der Waals surface area contributed by atoms with Crippen molar-refractivity contribution in [2.45, 2.75) is 64.7 Å². The molecule has 0 bridgehead atoms. The number of anilines is 1. The van der Waals surface area contributed by atoms with Crippen molar-refractivity contribution in [1.29, 1.82) is 0 Å². The number of aromatic amines is 1. The Hall–Kier alpha value is -2.47. The Morgan fingerprint density at radius 3 is 2.66 bits per heavy atom. The van der Waals surface area contributed by atoms with Crippen LogP contribution in [0.25, 0.3) is 22.4 Å². The minimum Gasteiger partial charge on any atom is -0.354 e. The Labute approximate surface area is 191 Å². The fourth-order valence-corrected chi connectivity index (χ4v) is 5.04. The molecule has 3 heterocycles. The number of aryl methyl sites for hydroxylation is 2. The van der Waals surface area contributed by atoms with Crippen LogP contribution in [0, 0.1) is 19.8 Å². The van der Waals surface area contributed by atoms with Crippen LogP contribution in [-0.2, 0) is 0 Å². The highest BCUT2D eigenvalue weighted by atomic mass is 15.1. The quantitative estimate of drug-likeness (QED) is 0.487. The molecule has 0 spiro atoms. The summed E-state index contributed by atoms with van der Waals surface area (Å²) in [6.45, 7) is 7.71. The van der Waals surface area contributed by atoms with Gasteiger partial charge in [0.15, 0.2) is 0 Å². The van der Waals surface area contributed by atoms with E-state index < -0.39 is 0 Å². The van der Waals surface area contributed by atoms with E-state index in [0.29, 0.717) is 5.92 Å². The third-order valence-corrected chi connectivity index (χ3v) is 7.65. The highest BCUT2D eigenvalue weighted by molar-refractivity contribution is 5.83. The van der Waals surface area contributed by atoms with Gasteiger partial charge < -0.3 is 15.2 Å². The lowest BCUT2D eigenvalue weighted by Crippen LogP contribution is -2.30. The Morgan fingerprint density at radius 1 is 1.09 bits per heavy atom. The first-order valence-corrected chi connectivity index (χ1v) is 12.3. The molecule has 3 aromatic rings. The van der Waals surface area contributed by atoms with Crippen LogP contribution in [0.3, 0.4) is 0 Å². The maximum atomic E-state index is 4.99. The average Bonchev–Trinajstić information content (AvgIpc) is 3.19. The van der Waals surface area contributed by atoms with Gasteiger partial charge in [0, 0.05) is 18.7 Å². The highest BCUT2D eigenvalue weighted by Crippen LogP contribution is 2.40. The monoisotopic (exact) mass is 432 g/mol. The van der Waals surface area contributed by atoms with E-state index in [2.05, 4.69) is 53.2 Å². The van der Waals surface area contributed by atoms with E-state index in [1.54, 1.807) is 0 Å². The van der Waals surface area contributed by atoms with Gasteiger partial charge in [-0.2, -0.15) is 0 Å². The lowest BCUT2D eigenvalue weighted by molar-refractivity contribution is 0.211. The molecular formula is C26H36N6. The minimum absolute atomic E-state index is 0.517. The molecule has 170 valence electrons. The predicted molar refractivity (Wildman–Crippen MR) is 131 cm³/mol. The predicted octanol–water partition coefficient (Wildman–Crippen LogP) is 5.44. The molecule has 2 aromatic heterocycles. The number of likely N-dealkylation sites (tertiary alicyclic amines) is 1. The van der Waals surface area contributed by atoms with Gasteiger partial charge in [0.1, 0.15) is 5.82 Å². The number of aromatic nitrogens is 4. The van der Waals surface area contributed by atoms with E-state index in [1.807, 2.05) is 6.20 Å². The van der Waals surface area contributed by atoms with Gasteiger partial charge in [-0.25, -0.2) is 15.0 Å². The number of hydrogen-bond donors (Lipinski definition) is 2. The summed E-state index contributed by atoms with van der Waals surface area (Å²) in [5, 5.41) is 3.50. The van der Waals surface area contributed by atoms with Crippen molar-refractivity contribution in [1.82, 2.24) is 24.8 Å². The molecule has 1 saturated heterocycles. The van der Waals surface area contributed by atoms with Crippen molar-refractivity contribution in [3.05, 3.63) is 35.2 Å². The third-order valence-electron chi connectivity index (χ3n) is 7.65. The highest BCUT2D eigenvalue weighted by Gasteiger charge is 2.26. The van der Waals surface area contributed by atoms with Crippen LogP contribution in [0.1, 0.15) is 67.7 Å². The normalized spacial score (nSPS) is 18.2. The van der Waals surface area contributed by atoms with E-state index in [-0.39, 0.29) is 0 Å². The first-order valence-electron chi connectivity index (χ1n) is 12.3. The first kappa shape index (κ1) is 21.4. The number of nitrogens with zero attached hydrogens (tertiary/aromatic N) is 4. The Bertz CT molecular complexity index is 1080. The second-order valence-electron chi connectivity index (χ2n) is 9.93. The number of imidazole rings is 1. The molecule has 2 fully saturated rings. The number of piperidine rings is 1. The van der Waals surface area contributed by atoms with Gasteiger partial charge in [-0.05, 0) is 95.6 Å². The van der Waals surface area contributed by atoms with E-state index in [0.717, 1.165) is 46.5 Å². The summed E-state index contributed by atoms with van der Waals surface area (Å²) in [6, 6.07) is 4.28. The molecule has 1 aliphatic carbocycles. The number of hydrogen-bond acceptors (Lipinski definition) is 5. The van der Waals surface area contributed by atoms with Gasteiger partial charge in [0.2, 0.25) is 5.95 Å². The average molecular weight is 433 g/mol. The molecule has 0 radical (unpaired) electrons. The number of benzene rings is 1. The van der Waals surface area contributed by atoms with Gasteiger partial charge >= 0.3 is 0 Å². The molecule has 5 rings (SSSR count). The molecule has 0 amide bonds. The maximum absolute atomic E-state index is 4.99. The molecule has 1 saturated carbocycles. The van der Waals surface area contributed by atoms with Crippen molar-refractivity contribution in [3.63, 3.8) is 0 Å². The SMILES string of the molecule is Cc1ccc2[nH]c(-c3cnc(NCCCC4CCN(C)CC4)nc3C3CCC3)nc2c1C. The maximum Gasteiger partial charge on any atom is 0.222 e. The summed E-state index contributed by atoms with van der Waals surface area (Å²) in [4.78, 5) is 20.6. The second-order valence-corrected chi connectivity index (χ2v) is 9.93. The van der Waals surface area contributed by atoms with Crippen LogP contribution in [0.15, 0.2) is 18.3 Å². The largest absolute Gasteiger partial charge is 0.354 e. The number of fused-ring (bicyclic) bond motifs is 1. The van der Waals surface area contributed by atoms with Crippen molar-refractivity contribution < 1.29 is 0 Å². The summed E-state index contributed by atoms with van der Waals surface area (Å²) in [5.74, 6) is 3.05. The minimum atomic E-state index is 0.517. The van der Waals surface area contributed by atoms with Crippen molar-refractivity contribution >= 4 is 17.0 Å². The molecule has 2 aliphatic rings. The smallest absolute Gasteiger partial charge is 0.222 e. The van der Waals surface area contributed by atoms with E-state index in [4.69, 9.17) is 9.97 Å². The lowest BCUT2D eigenvalue weighted by atomic mass is 9.81. The molecular weight excluding hydrogens is 396 g/mol. The molecule has 6 heteroatoms. The van der Waals surface area contributed by atoms with Crippen molar-refractivity contribution in [2.24, 2.45) is 5.92 Å². The summed E-state index contributed by atoms with van der Waals surface area (Å²) in [5.41, 5.74) is 6.84. The fraction of sp³-hybridized carbons (Fsp3) is 0.577. The van der Waals surface area contributed by atoms with Crippen LogP contribution in [0.5, 0.6) is 0 Å². The van der Waals surface area contributed by atoms with Gasteiger partial charge in [-0.3, -0.25) is 0 Å². The number of nitrogens with one attached hydrogen (secondary N) is 2. The Kier molecular flexibility index (Phi) is 6.13. The molecule has 32 heavy (non-hydrogen) atoms. The molecule has 1 aromatic carbocycles. The summed E-state index contributed by atoms with van der Waals surface area (Å²) >= 11 is 0. The standard InChI is InChI=1S/C26H36N6/c1-17-9-10-22-23(18(17)2)30-25(29-22)21-16-28-26(31-24(21)20-7-4-8-20)27-13-5-6-19-11-14-32(3)15-12-19/h9-10,16,19-20H,4-8,11-15H2,1-3H3,(H,29,30)(H,27,28,31). The Balaban J connectivity index is 1.30. The summed E-state index contributed by atoms with van der Waals surface area (Å²) in [7, 11) is 2.23. The molecule has 0 atom stereocenters. The van der Waals surface area contributed by atoms with Crippen LogP contribution in [0.4, 0.5) is 5.95 Å². The van der Waals surface area contributed by atoms with E-state index in [9.17, 15) is 0 Å². The van der Waals surface area contributed by atoms with Crippen molar-refractivity contribution in [3.8, 4) is 11.4 Å². The third kappa shape index (κ3) is 4.38. The van der Waals surface area contributed by atoms with Crippen molar-refractivity contribution in [2.75, 3.05) is 32.0 Å². The molecule has 1 aliphatic heterocycles. The second kappa shape index (κ2) is 9.18. The lowest BCUT2D eigenvalue weighted by Gasteiger charge is -2.29. The van der Waals surface area contributed by atoms with E-state index >= 15 is 0 Å². The zero-order valence-electron chi connectivity index (χ0n) is 19.7. The van der Waals surface area contributed by atoms with Crippen LogP contribution >= 0.6 is 0 Å².